The smallest absolute Gasteiger partial charge is 0.339 e. The Bertz CT molecular complexity index is 1110. The number of nitrogens with one attached hydrogen (secondary N) is 1. The molecule has 0 radical (unpaired) electrons. The maximum atomic E-state index is 13.0. The molecule has 0 saturated heterocycles. The van der Waals surface area contributed by atoms with E-state index in [0.717, 1.165) is 18.3 Å². The zero-order chi connectivity index (χ0) is 21.3. The van der Waals surface area contributed by atoms with Crippen LogP contribution in [0.15, 0.2) is 35.7 Å². The van der Waals surface area contributed by atoms with E-state index in [4.69, 9.17) is 4.74 Å². The van der Waals surface area contributed by atoms with Gasteiger partial charge in [-0.25, -0.2) is 4.79 Å². The van der Waals surface area contributed by atoms with E-state index in [-0.39, 0.29) is 11.5 Å². The summed E-state index contributed by atoms with van der Waals surface area (Å²) in [5.74, 6) is -0.822. The van der Waals surface area contributed by atoms with Gasteiger partial charge in [0.05, 0.1) is 19.8 Å². The second kappa shape index (κ2) is 9.47. The first-order valence-corrected chi connectivity index (χ1v) is 12.3. The van der Waals surface area contributed by atoms with Crippen molar-refractivity contribution >= 4 is 96.0 Å². The number of benzene rings is 2. The summed E-state index contributed by atoms with van der Waals surface area (Å²) < 4.78 is 7.77. The highest BCUT2D eigenvalue weighted by atomic mass is 127. The second-order valence-corrected chi connectivity index (χ2v) is 10.3. The number of aromatic carboxylic acids is 1. The van der Waals surface area contributed by atoms with Gasteiger partial charge in [0.2, 0.25) is 0 Å². The first-order chi connectivity index (χ1) is 13.7. The molecular formula is C20H14I3NO4S. The third kappa shape index (κ3) is 4.71. The van der Waals surface area contributed by atoms with Crippen LogP contribution in [0.4, 0.5) is 5.00 Å². The third-order valence-electron chi connectivity index (χ3n) is 4.15. The van der Waals surface area contributed by atoms with Crippen LogP contribution in [0.5, 0.6) is 5.75 Å². The molecule has 9 heteroatoms. The summed E-state index contributed by atoms with van der Waals surface area (Å²) in [4.78, 5) is 25.0. The van der Waals surface area contributed by atoms with Crippen LogP contribution in [0, 0.1) is 17.6 Å². The Morgan fingerprint density at radius 2 is 1.72 bits per heavy atom. The average Bonchev–Trinajstić information content (AvgIpc) is 3.06. The Morgan fingerprint density at radius 3 is 2.31 bits per heavy atom. The van der Waals surface area contributed by atoms with Gasteiger partial charge in [-0.15, -0.1) is 11.3 Å². The van der Waals surface area contributed by atoms with Crippen LogP contribution in [0.1, 0.15) is 26.3 Å². The number of carbonyl (C=O) groups is 2. The lowest BCUT2D eigenvalue weighted by molar-refractivity contribution is 0.0699. The molecule has 1 amide bonds. The first-order valence-electron chi connectivity index (χ1n) is 8.19. The van der Waals surface area contributed by atoms with E-state index in [2.05, 4.69) is 73.1 Å². The zero-order valence-electron chi connectivity index (χ0n) is 15.2. The van der Waals surface area contributed by atoms with Gasteiger partial charge in [-0.3, -0.25) is 4.79 Å². The highest BCUT2D eigenvalue weighted by Gasteiger charge is 2.25. The Balaban J connectivity index is 2.02. The minimum atomic E-state index is -1.08. The Morgan fingerprint density at radius 1 is 1.07 bits per heavy atom. The van der Waals surface area contributed by atoms with E-state index in [1.54, 1.807) is 12.5 Å². The van der Waals surface area contributed by atoms with Crippen LogP contribution in [0.3, 0.4) is 0 Å². The number of hydrogen-bond acceptors (Lipinski definition) is 4. The summed E-state index contributed by atoms with van der Waals surface area (Å²) in [6, 6.07) is 9.48. The van der Waals surface area contributed by atoms with Gasteiger partial charge in [-0.1, -0.05) is 29.8 Å². The van der Waals surface area contributed by atoms with Gasteiger partial charge in [0.15, 0.2) is 0 Å². The normalized spacial score (nSPS) is 10.7. The first kappa shape index (κ1) is 22.7. The van der Waals surface area contributed by atoms with Gasteiger partial charge in [-0.05, 0) is 86.3 Å². The molecule has 0 unspecified atom stereocenters. The summed E-state index contributed by atoms with van der Waals surface area (Å²) in [6.45, 7) is 1.97. The minimum Gasteiger partial charge on any atom is -0.495 e. The fourth-order valence-corrected chi connectivity index (χ4v) is 8.00. The molecule has 0 aliphatic rings. The summed E-state index contributed by atoms with van der Waals surface area (Å²) >= 11 is 7.55. The molecule has 2 aromatic carbocycles. The maximum Gasteiger partial charge on any atom is 0.339 e. The van der Waals surface area contributed by atoms with Crippen molar-refractivity contribution in [2.75, 3.05) is 12.4 Å². The van der Waals surface area contributed by atoms with Crippen molar-refractivity contribution in [3.05, 3.63) is 63.1 Å². The molecule has 0 atom stereocenters. The molecule has 150 valence electrons. The molecule has 0 saturated carbocycles. The Hall–Kier alpha value is -0.930. The van der Waals surface area contributed by atoms with Crippen molar-refractivity contribution in [2.24, 2.45) is 0 Å². The second-order valence-electron chi connectivity index (χ2n) is 6.04. The van der Waals surface area contributed by atoms with E-state index >= 15 is 0 Å². The van der Waals surface area contributed by atoms with Crippen molar-refractivity contribution in [2.45, 2.75) is 6.92 Å². The summed E-state index contributed by atoms with van der Waals surface area (Å²) in [6.07, 6.45) is 0. The predicted molar refractivity (Wildman–Crippen MR) is 141 cm³/mol. The van der Waals surface area contributed by atoms with Crippen molar-refractivity contribution in [3.63, 3.8) is 0 Å². The number of halogens is 3. The number of amides is 1. The summed E-state index contributed by atoms with van der Waals surface area (Å²) in [5, 5.41) is 14.7. The molecule has 0 spiro atoms. The van der Waals surface area contributed by atoms with Crippen LogP contribution in [-0.2, 0) is 0 Å². The summed E-state index contributed by atoms with van der Waals surface area (Å²) in [7, 11) is 1.56. The highest BCUT2D eigenvalue weighted by Crippen LogP contribution is 2.38. The summed E-state index contributed by atoms with van der Waals surface area (Å²) in [5.41, 5.74) is 3.03. The van der Waals surface area contributed by atoms with E-state index in [0.29, 0.717) is 25.4 Å². The Kier molecular flexibility index (Phi) is 7.43. The van der Waals surface area contributed by atoms with Crippen molar-refractivity contribution in [3.8, 4) is 16.9 Å². The standard InChI is InChI=1S/C20H14I3NO4S/c1-9-3-5-10(6-4-9)11-8-29-19(14(11)20(26)27)24-18(25)15-12(21)7-13(22)17(28-2)16(15)23/h3-8H,1-2H3,(H,24,25)(H,26,27). The van der Waals surface area contributed by atoms with Crippen LogP contribution in [0.2, 0.25) is 0 Å². The van der Waals surface area contributed by atoms with Crippen molar-refractivity contribution in [1.82, 2.24) is 0 Å². The van der Waals surface area contributed by atoms with Gasteiger partial charge < -0.3 is 15.2 Å². The molecule has 0 aliphatic carbocycles. The van der Waals surface area contributed by atoms with Gasteiger partial charge in [-0.2, -0.15) is 0 Å². The number of methoxy groups -OCH3 is 1. The highest BCUT2D eigenvalue weighted by molar-refractivity contribution is 14.1. The van der Waals surface area contributed by atoms with E-state index < -0.39 is 5.97 Å². The molecule has 0 fully saturated rings. The number of aryl methyl sites for hydroxylation is 1. The molecule has 3 rings (SSSR count). The topological polar surface area (TPSA) is 75.6 Å². The van der Waals surface area contributed by atoms with Crippen molar-refractivity contribution < 1.29 is 19.4 Å². The number of carboxylic acid groups (broad SMARTS) is 1. The number of carboxylic acids is 1. The number of ether oxygens (including phenoxy) is 1. The number of carbonyl (C=O) groups excluding carboxylic acids is 1. The van der Waals surface area contributed by atoms with Gasteiger partial charge in [0, 0.05) is 14.5 Å². The Labute approximate surface area is 212 Å². The van der Waals surface area contributed by atoms with Crippen LogP contribution >= 0.6 is 79.1 Å². The van der Waals surface area contributed by atoms with E-state index in [1.807, 2.05) is 37.3 Å². The average molecular weight is 745 g/mol. The molecule has 0 aliphatic heterocycles. The SMILES string of the molecule is COc1c(I)cc(I)c(C(=O)Nc2scc(-c3ccc(C)cc3)c2C(=O)O)c1I. The van der Waals surface area contributed by atoms with Gasteiger partial charge in [0.25, 0.3) is 5.91 Å². The van der Waals surface area contributed by atoms with Crippen molar-refractivity contribution in [1.29, 1.82) is 0 Å². The maximum absolute atomic E-state index is 13.0. The molecule has 1 aromatic heterocycles. The number of anilines is 1. The molecule has 29 heavy (non-hydrogen) atoms. The third-order valence-corrected chi connectivity index (χ3v) is 7.73. The van der Waals surface area contributed by atoms with Gasteiger partial charge >= 0.3 is 5.97 Å². The van der Waals surface area contributed by atoms with E-state index in [1.165, 1.54) is 11.3 Å². The fourth-order valence-electron chi connectivity index (χ4n) is 2.74. The molecule has 3 aromatic rings. The monoisotopic (exact) mass is 745 g/mol. The van der Waals surface area contributed by atoms with Crippen LogP contribution in [-0.4, -0.2) is 24.1 Å². The quantitative estimate of drug-likeness (QED) is 0.293. The molecular weight excluding hydrogens is 731 g/mol. The number of thiophene rings is 1. The molecule has 1 heterocycles. The minimum absolute atomic E-state index is 0.0923. The molecule has 5 nitrogen and oxygen atoms in total. The molecule has 0 bridgehead atoms. The lowest BCUT2D eigenvalue weighted by atomic mass is 10.0. The van der Waals surface area contributed by atoms with Crippen LogP contribution in [0.25, 0.3) is 11.1 Å². The van der Waals surface area contributed by atoms with E-state index in [9.17, 15) is 14.7 Å². The lowest BCUT2D eigenvalue weighted by Crippen LogP contribution is -2.17. The number of hydrogen-bond donors (Lipinski definition) is 2. The van der Waals surface area contributed by atoms with Gasteiger partial charge in [0.1, 0.15) is 16.3 Å². The molecule has 2 N–H and O–H groups in total. The predicted octanol–water partition coefficient (Wildman–Crippen LogP) is 6.50. The number of rotatable bonds is 5. The lowest BCUT2D eigenvalue weighted by Gasteiger charge is -2.13. The van der Waals surface area contributed by atoms with Crippen LogP contribution < -0.4 is 10.1 Å². The zero-order valence-corrected chi connectivity index (χ0v) is 22.5. The largest absolute Gasteiger partial charge is 0.495 e. The fraction of sp³-hybridized carbons (Fsp3) is 0.100.